The van der Waals surface area contributed by atoms with Gasteiger partial charge < -0.3 is 9.64 Å². The number of aryl methyl sites for hydroxylation is 1. The minimum absolute atomic E-state index is 0.282. The molecule has 0 bridgehead atoms. The van der Waals surface area contributed by atoms with E-state index in [2.05, 4.69) is 24.0 Å². The fraction of sp³-hybridized carbons (Fsp3) is 0.421. The molecule has 5 nitrogen and oxygen atoms in total. The third-order valence-electron chi connectivity index (χ3n) is 3.90. The third-order valence-corrected chi connectivity index (χ3v) is 3.90. The number of amides is 1. The lowest BCUT2D eigenvalue weighted by Gasteiger charge is -2.30. The molecule has 2 aromatic rings. The van der Waals surface area contributed by atoms with Crippen molar-refractivity contribution in [2.24, 2.45) is 0 Å². The number of benzene rings is 1. The van der Waals surface area contributed by atoms with E-state index in [0.717, 1.165) is 29.1 Å². The van der Waals surface area contributed by atoms with E-state index in [0.29, 0.717) is 13.1 Å². The van der Waals surface area contributed by atoms with Crippen molar-refractivity contribution in [2.45, 2.75) is 46.3 Å². The number of fused-ring (bicyclic) bond motifs is 1. The monoisotopic (exact) mass is 325 g/mol. The van der Waals surface area contributed by atoms with E-state index in [1.54, 1.807) is 4.90 Å². The van der Waals surface area contributed by atoms with E-state index in [9.17, 15) is 4.79 Å². The van der Waals surface area contributed by atoms with Gasteiger partial charge >= 0.3 is 6.09 Å². The van der Waals surface area contributed by atoms with E-state index in [1.165, 1.54) is 5.56 Å². The number of carbonyl (C=O) groups is 1. The topological polar surface area (TPSA) is 55.3 Å². The van der Waals surface area contributed by atoms with Crippen LogP contribution < -0.4 is 0 Å². The SMILES string of the molecule is Cc1ccc(-c2ncc3c(n2)CCN(C(=O)OC(C)(C)C)C3)cc1. The minimum atomic E-state index is -0.483. The van der Waals surface area contributed by atoms with Gasteiger partial charge in [-0.15, -0.1) is 0 Å². The van der Waals surface area contributed by atoms with Crippen LogP contribution in [0.15, 0.2) is 30.5 Å². The van der Waals surface area contributed by atoms with Crippen LogP contribution in [0, 0.1) is 6.92 Å². The first-order valence-electron chi connectivity index (χ1n) is 8.21. The first kappa shape index (κ1) is 16.4. The molecule has 2 heterocycles. The Morgan fingerprint density at radius 1 is 1.21 bits per heavy atom. The van der Waals surface area contributed by atoms with Crippen LogP contribution in [0.25, 0.3) is 11.4 Å². The van der Waals surface area contributed by atoms with Gasteiger partial charge in [0.05, 0.1) is 12.2 Å². The Hall–Kier alpha value is -2.43. The highest BCUT2D eigenvalue weighted by Crippen LogP contribution is 2.22. The molecular formula is C19H23N3O2. The Labute approximate surface area is 142 Å². The maximum absolute atomic E-state index is 12.2. The van der Waals surface area contributed by atoms with Crippen LogP contribution in [0.2, 0.25) is 0 Å². The second-order valence-electron chi connectivity index (χ2n) is 7.18. The quantitative estimate of drug-likeness (QED) is 0.801. The van der Waals surface area contributed by atoms with Crippen molar-refractivity contribution in [3.8, 4) is 11.4 Å². The van der Waals surface area contributed by atoms with Gasteiger partial charge in [0.1, 0.15) is 5.60 Å². The molecule has 1 aliphatic rings. The highest BCUT2D eigenvalue weighted by molar-refractivity contribution is 5.68. The molecular weight excluding hydrogens is 302 g/mol. The van der Waals surface area contributed by atoms with E-state index in [-0.39, 0.29) is 6.09 Å². The fourth-order valence-corrected chi connectivity index (χ4v) is 2.64. The standard InChI is InChI=1S/C19H23N3O2/c1-13-5-7-14(8-6-13)17-20-11-15-12-22(10-9-16(15)21-17)18(23)24-19(2,3)4/h5-8,11H,9-10,12H2,1-4H3. The average molecular weight is 325 g/mol. The molecule has 126 valence electrons. The molecule has 0 radical (unpaired) electrons. The molecule has 1 aromatic carbocycles. The van der Waals surface area contributed by atoms with Crippen LogP contribution >= 0.6 is 0 Å². The van der Waals surface area contributed by atoms with E-state index in [1.807, 2.05) is 39.1 Å². The lowest BCUT2D eigenvalue weighted by atomic mass is 10.1. The van der Waals surface area contributed by atoms with Crippen molar-refractivity contribution in [1.29, 1.82) is 0 Å². The summed E-state index contributed by atoms with van der Waals surface area (Å²) in [6.45, 7) is 8.80. The lowest BCUT2D eigenvalue weighted by molar-refractivity contribution is 0.0222. The summed E-state index contributed by atoms with van der Waals surface area (Å²) in [4.78, 5) is 23.1. The van der Waals surface area contributed by atoms with Crippen LogP contribution in [-0.4, -0.2) is 33.1 Å². The van der Waals surface area contributed by atoms with Crippen molar-refractivity contribution in [1.82, 2.24) is 14.9 Å². The smallest absolute Gasteiger partial charge is 0.410 e. The van der Waals surface area contributed by atoms with E-state index in [4.69, 9.17) is 9.72 Å². The summed E-state index contributed by atoms with van der Waals surface area (Å²) in [6.07, 6.45) is 2.26. The number of ether oxygens (including phenoxy) is 1. The first-order chi connectivity index (χ1) is 11.3. The van der Waals surface area contributed by atoms with Gasteiger partial charge in [0.15, 0.2) is 5.82 Å². The predicted octanol–water partition coefficient (Wildman–Crippen LogP) is 3.75. The van der Waals surface area contributed by atoms with Crippen LogP contribution in [0.3, 0.4) is 0 Å². The molecule has 0 atom stereocenters. The Balaban J connectivity index is 1.77. The molecule has 1 aliphatic heterocycles. The number of hydrogen-bond donors (Lipinski definition) is 0. The molecule has 0 spiro atoms. The van der Waals surface area contributed by atoms with Gasteiger partial charge in [-0.3, -0.25) is 0 Å². The molecule has 0 fully saturated rings. The molecule has 3 rings (SSSR count). The summed E-state index contributed by atoms with van der Waals surface area (Å²) in [6, 6.07) is 8.19. The molecule has 24 heavy (non-hydrogen) atoms. The van der Waals surface area contributed by atoms with E-state index >= 15 is 0 Å². The van der Waals surface area contributed by atoms with E-state index < -0.39 is 5.60 Å². The zero-order valence-electron chi connectivity index (χ0n) is 14.7. The van der Waals surface area contributed by atoms with Gasteiger partial charge in [-0.1, -0.05) is 29.8 Å². The largest absolute Gasteiger partial charge is 0.444 e. The Morgan fingerprint density at radius 3 is 2.58 bits per heavy atom. The molecule has 0 N–H and O–H groups in total. The summed E-state index contributed by atoms with van der Waals surface area (Å²) in [7, 11) is 0. The highest BCUT2D eigenvalue weighted by Gasteiger charge is 2.26. The minimum Gasteiger partial charge on any atom is -0.444 e. The Bertz CT molecular complexity index is 748. The lowest BCUT2D eigenvalue weighted by Crippen LogP contribution is -2.40. The van der Waals surface area contributed by atoms with Crippen LogP contribution in [0.1, 0.15) is 37.6 Å². The van der Waals surface area contributed by atoms with Crippen molar-refractivity contribution in [3.05, 3.63) is 47.3 Å². The summed E-state index contributed by atoms with van der Waals surface area (Å²) >= 11 is 0. The molecule has 1 aromatic heterocycles. The van der Waals surface area contributed by atoms with Crippen LogP contribution in [-0.2, 0) is 17.7 Å². The number of rotatable bonds is 1. The Kier molecular flexibility index (Phi) is 4.26. The van der Waals surface area contributed by atoms with Gasteiger partial charge in [0, 0.05) is 30.3 Å². The maximum atomic E-state index is 12.2. The summed E-state index contributed by atoms with van der Waals surface area (Å²) in [5.41, 5.74) is 3.74. The second kappa shape index (κ2) is 6.23. The second-order valence-corrected chi connectivity index (χ2v) is 7.18. The van der Waals surface area contributed by atoms with Gasteiger partial charge in [-0.25, -0.2) is 14.8 Å². The van der Waals surface area contributed by atoms with Gasteiger partial charge in [-0.2, -0.15) is 0 Å². The predicted molar refractivity (Wildman–Crippen MR) is 92.6 cm³/mol. The fourth-order valence-electron chi connectivity index (χ4n) is 2.64. The van der Waals surface area contributed by atoms with Gasteiger partial charge in [-0.05, 0) is 27.7 Å². The number of hydrogen-bond acceptors (Lipinski definition) is 4. The molecule has 0 aliphatic carbocycles. The third kappa shape index (κ3) is 3.72. The summed E-state index contributed by atoms with van der Waals surface area (Å²) in [5, 5.41) is 0. The van der Waals surface area contributed by atoms with Crippen LogP contribution in [0.5, 0.6) is 0 Å². The maximum Gasteiger partial charge on any atom is 0.410 e. The zero-order chi connectivity index (χ0) is 17.3. The highest BCUT2D eigenvalue weighted by atomic mass is 16.6. The van der Waals surface area contributed by atoms with Gasteiger partial charge in [0.25, 0.3) is 0 Å². The number of carbonyl (C=O) groups excluding carboxylic acids is 1. The normalized spacial score (nSPS) is 14.2. The summed E-state index contributed by atoms with van der Waals surface area (Å²) < 4.78 is 5.44. The molecule has 5 heteroatoms. The number of aromatic nitrogens is 2. The van der Waals surface area contributed by atoms with Crippen molar-refractivity contribution in [2.75, 3.05) is 6.54 Å². The van der Waals surface area contributed by atoms with Crippen molar-refractivity contribution < 1.29 is 9.53 Å². The number of nitrogens with zero attached hydrogens (tertiary/aromatic N) is 3. The van der Waals surface area contributed by atoms with Gasteiger partial charge in [0.2, 0.25) is 0 Å². The Morgan fingerprint density at radius 2 is 1.92 bits per heavy atom. The van der Waals surface area contributed by atoms with Crippen molar-refractivity contribution in [3.63, 3.8) is 0 Å². The molecule has 0 saturated carbocycles. The van der Waals surface area contributed by atoms with Crippen molar-refractivity contribution >= 4 is 6.09 Å². The average Bonchev–Trinajstić information content (AvgIpc) is 2.53. The molecule has 0 unspecified atom stereocenters. The molecule has 1 amide bonds. The summed E-state index contributed by atoms with van der Waals surface area (Å²) in [5.74, 6) is 0.736. The zero-order valence-corrected chi connectivity index (χ0v) is 14.7. The molecule has 0 saturated heterocycles. The van der Waals surface area contributed by atoms with Crippen LogP contribution in [0.4, 0.5) is 4.79 Å². The first-order valence-corrected chi connectivity index (χ1v) is 8.21.